The van der Waals surface area contributed by atoms with Gasteiger partial charge in [0, 0.05) is 16.2 Å². The summed E-state index contributed by atoms with van der Waals surface area (Å²) in [5.74, 6) is 0.917. The van der Waals surface area contributed by atoms with Crippen LogP contribution in [0, 0.1) is 0 Å². The van der Waals surface area contributed by atoms with Gasteiger partial charge in [0.1, 0.15) is 5.75 Å². The van der Waals surface area contributed by atoms with E-state index in [0.717, 1.165) is 5.75 Å². The maximum Gasteiger partial charge on any atom is 0.118 e. The van der Waals surface area contributed by atoms with Crippen LogP contribution in [0.25, 0.3) is 0 Å². The highest BCUT2D eigenvalue weighted by Gasteiger charge is 2.08. The minimum absolute atomic E-state index is 0.570. The van der Waals surface area contributed by atoms with Gasteiger partial charge in [-0.3, -0.25) is 0 Å². The van der Waals surface area contributed by atoms with Crippen LogP contribution in [0.2, 0.25) is 0 Å². The highest BCUT2D eigenvalue weighted by atomic mass is 32.2. The van der Waals surface area contributed by atoms with Crippen LogP contribution in [0.3, 0.4) is 0 Å². The molecule has 0 aliphatic heterocycles. The van der Waals surface area contributed by atoms with Crippen molar-refractivity contribution in [1.29, 1.82) is 0 Å². The average molecular weight is 239 g/mol. The van der Waals surface area contributed by atoms with Crippen molar-refractivity contribution in [3.8, 4) is 5.75 Å². The van der Waals surface area contributed by atoms with Gasteiger partial charge in [-0.2, -0.15) is 0 Å². The summed E-state index contributed by atoms with van der Waals surface area (Å²) >= 11 is 1.91. The molecule has 90 valence electrons. The molecule has 2 atom stereocenters. The first-order valence-electron chi connectivity index (χ1n) is 5.63. The van der Waals surface area contributed by atoms with E-state index in [0.29, 0.717) is 11.3 Å². The number of ether oxygens (including phenoxy) is 1. The molecule has 0 aliphatic carbocycles. The summed E-state index contributed by atoms with van der Waals surface area (Å²) in [5, 5.41) is 3.89. The zero-order chi connectivity index (χ0) is 12.0. The molecule has 0 aliphatic rings. The van der Waals surface area contributed by atoms with Gasteiger partial charge in [-0.15, -0.1) is 11.8 Å². The minimum atomic E-state index is 0.570. The van der Waals surface area contributed by atoms with Gasteiger partial charge in [-0.05, 0) is 44.7 Å². The van der Waals surface area contributed by atoms with Gasteiger partial charge in [0.2, 0.25) is 0 Å². The average Bonchev–Trinajstić information content (AvgIpc) is 2.29. The van der Waals surface area contributed by atoms with E-state index in [1.807, 2.05) is 30.9 Å². The van der Waals surface area contributed by atoms with Crippen molar-refractivity contribution >= 4 is 11.8 Å². The highest BCUT2D eigenvalue weighted by Crippen LogP contribution is 2.27. The fraction of sp³-hybridized carbons (Fsp3) is 0.538. The van der Waals surface area contributed by atoms with Gasteiger partial charge >= 0.3 is 0 Å². The van der Waals surface area contributed by atoms with Gasteiger partial charge < -0.3 is 10.1 Å². The third-order valence-electron chi connectivity index (χ3n) is 2.57. The summed E-state index contributed by atoms with van der Waals surface area (Å²) in [6, 6.07) is 8.82. The molecule has 1 N–H and O–H groups in total. The Labute approximate surface area is 103 Å². The molecule has 0 bridgehead atoms. The first-order valence-corrected chi connectivity index (χ1v) is 6.51. The van der Waals surface area contributed by atoms with Crippen molar-refractivity contribution in [2.75, 3.05) is 14.2 Å². The molecule has 0 amide bonds. The van der Waals surface area contributed by atoms with E-state index in [1.165, 1.54) is 11.3 Å². The lowest BCUT2D eigenvalue weighted by molar-refractivity contribution is 0.414. The lowest BCUT2D eigenvalue weighted by Gasteiger charge is -2.16. The topological polar surface area (TPSA) is 21.3 Å². The van der Waals surface area contributed by atoms with E-state index in [1.54, 1.807) is 7.11 Å². The maximum absolute atomic E-state index is 5.14. The molecule has 1 rings (SSSR count). The molecular weight excluding hydrogens is 218 g/mol. The van der Waals surface area contributed by atoms with Crippen LogP contribution in [0.1, 0.15) is 20.3 Å². The standard InChI is InChI=1S/C13H21NOS/c1-10(14-3)9-11(2)16-13-7-5-12(15-4)6-8-13/h5-8,10-11,14H,9H2,1-4H3. The molecule has 0 heterocycles. The van der Waals surface area contributed by atoms with E-state index in [2.05, 4.69) is 31.3 Å². The first kappa shape index (κ1) is 13.4. The van der Waals surface area contributed by atoms with Crippen molar-refractivity contribution < 1.29 is 4.74 Å². The molecule has 0 spiro atoms. The van der Waals surface area contributed by atoms with Gasteiger partial charge in [0.05, 0.1) is 7.11 Å². The van der Waals surface area contributed by atoms with Crippen LogP contribution in [-0.2, 0) is 0 Å². The van der Waals surface area contributed by atoms with E-state index < -0.39 is 0 Å². The third-order valence-corrected chi connectivity index (χ3v) is 3.71. The third kappa shape index (κ3) is 4.45. The number of rotatable bonds is 6. The van der Waals surface area contributed by atoms with Crippen molar-refractivity contribution in [2.45, 2.75) is 36.5 Å². The molecule has 0 saturated heterocycles. The predicted octanol–water partition coefficient (Wildman–Crippen LogP) is 3.17. The maximum atomic E-state index is 5.14. The molecule has 0 fully saturated rings. The Hall–Kier alpha value is -0.670. The van der Waals surface area contributed by atoms with Crippen LogP contribution in [-0.4, -0.2) is 25.4 Å². The van der Waals surface area contributed by atoms with Crippen molar-refractivity contribution in [3.05, 3.63) is 24.3 Å². The van der Waals surface area contributed by atoms with E-state index in [9.17, 15) is 0 Å². The lowest BCUT2D eigenvalue weighted by Crippen LogP contribution is -2.24. The molecule has 0 radical (unpaired) electrons. The number of hydrogen-bond donors (Lipinski definition) is 1. The van der Waals surface area contributed by atoms with E-state index >= 15 is 0 Å². The summed E-state index contributed by atoms with van der Waals surface area (Å²) < 4.78 is 5.14. The predicted molar refractivity (Wildman–Crippen MR) is 71.5 cm³/mol. The van der Waals surface area contributed by atoms with Gasteiger partial charge in [0.15, 0.2) is 0 Å². The molecule has 3 heteroatoms. The molecule has 2 unspecified atom stereocenters. The Bertz CT molecular complexity index is 299. The fourth-order valence-electron chi connectivity index (χ4n) is 1.55. The molecule has 1 aromatic carbocycles. The number of methoxy groups -OCH3 is 1. The van der Waals surface area contributed by atoms with Crippen LogP contribution in [0.15, 0.2) is 29.2 Å². The molecule has 0 aromatic heterocycles. The van der Waals surface area contributed by atoms with Gasteiger partial charge in [0.25, 0.3) is 0 Å². The Kier molecular flexibility index (Phi) is 5.71. The van der Waals surface area contributed by atoms with Gasteiger partial charge in [-0.1, -0.05) is 6.92 Å². The molecule has 1 aromatic rings. The lowest BCUT2D eigenvalue weighted by atomic mass is 10.2. The van der Waals surface area contributed by atoms with Crippen LogP contribution in [0.5, 0.6) is 5.75 Å². The second-order valence-corrected chi connectivity index (χ2v) is 5.54. The molecule has 16 heavy (non-hydrogen) atoms. The highest BCUT2D eigenvalue weighted by molar-refractivity contribution is 7.99. The summed E-state index contributed by atoms with van der Waals surface area (Å²) in [6.07, 6.45) is 1.17. The molecular formula is C13H21NOS. The number of hydrogen-bond acceptors (Lipinski definition) is 3. The molecule has 0 saturated carbocycles. The number of thioether (sulfide) groups is 1. The quantitative estimate of drug-likeness (QED) is 0.770. The Morgan fingerprint density at radius 1 is 1.25 bits per heavy atom. The summed E-state index contributed by atoms with van der Waals surface area (Å²) in [5.41, 5.74) is 0. The zero-order valence-electron chi connectivity index (χ0n) is 10.5. The normalized spacial score (nSPS) is 14.5. The van der Waals surface area contributed by atoms with E-state index in [4.69, 9.17) is 4.74 Å². The van der Waals surface area contributed by atoms with Crippen molar-refractivity contribution in [3.63, 3.8) is 0 Å². The summed E-state index contributed by atoms with van der Waals surface area (Å²) in [7, 11) is 3.70. The number of benzene rings is 1. The minimum Gasteiger partial charge on any atom is -0.497 e. The second-order valence-electron chi connectivity index (χ2n) is 4.03. The van der Waals surface area contributed by atoms with Crippen LogP contribution >= 0.6 is 11.8 Å². The SMILES string of the molecule is CNC(C)CC(C)Sc1ccc(OC)cc1. The monoisotopic (exact) mass is 239 g/mol. The van der Waals surface area contributed by atoms with Gasteiger partial charge in [-0.25, -0.2) is 0 Å². The van der Waals surface area contributed by atoms with Crippen molar-refractivity contribution in [2.24, 2.45) is 0 Å². The first-order chi connectivity index (χ1) is 7.65. The number of nitrogens with one attached hydrogen (secondary N) is 1. The summed E-state index contributed by atoms with van der Waals surface area (Å²) in [6.45, 7) is 4.48. The Morgan fingerprint density at radius 3 is 2.38 bits per heavy atom. The van der Waals surface area contributed by atoms with Crippen LogP contribution < -0.4 is 10.1 Å². The van der Waals surface area contributed by atoms with Crippen molar-refractivity contribution in [1.82, 2.24) is 5.32 Å². The fourth-order valence-corrected chi connectivity index (χ4v) is 2.69. The summed E-state index contributed by atoms with van der Waals surface area (Å²) in [4.78, 5) is 1.30. The Balaban J connectivity index is 2.46. The second kappa shape index (κ2) is 6.81. The largest absolute Gasteiger partial charge is 0.497 e. The zero-order valence-corrected chi connectivity index (χ0v) is 11.3. The smallest absolute Gasteiger partial charge is 0.118 e. The molecule has 2 nitrogen and oxygen atoms in total. The Morgan fingerprint density at radius 2 is 1.88 bits per heavy atom. The van der Waals surface area contributed by atoms with E-state index in [-0.39, 0.29) is 0 Å². The van der Waals surface area contributed by atoms with Crippen LogP contribution in [0.4, 0.5) is 0 Å².